The number of rotatable bonds is 6. The summed E-state index contributed by atoms with van der Waals surface area (Å²) < 4.78 is 0.870. The summed E-state index contributed by atoms with van der Waals surface area (Å²) in [5, 5.41) is 29.2. The molecule has 1 aromatic heterocycles. The molecule has 9 heteroatoms. The lowest BCUT2D eigenvalue weighted by molar-refractivity contribution is -0.137. The smallest absolute Gasteiger partial charge is 0.353 e. The van der Waals surface area contributed by atoms with Crippen molar-refractivity contribution in [2.24, 2.45) is 11.8 Å². The van der Waals surface area contributed by atoms with Gasteiger partial charge in [-0.1, -0.05) is 18.7 Å². The van der Waals surface area contributed by atoms with E-state index in [0.717, 1.165) is 34.4 Å². The van der Waals surface area contributed by atoms with Gasteiger partial charge in [0.1, 0.15) is 5.70 Å². The van der Waals surface area contributed by atoms with Crippen LogP contribution in [0.4, 0.5) is 0 Å². The number of nitrogens with zero attached hydrogens (tertiary/aromatic N) is 3. The average molecular weight is 409 g/mol. The van der Waals surface area contributed by atoms with Crippen LogP contribution in [0.1, 0.15) is 31.9 Å². The normalized spacial score (nSPS) is 31.1. The maximum atomic E-state index is 11.9. The number of carbonyl (C=O) groups is 1. The molecule has 3 aliphatic rings. The minimum absolute atomic E-state index is 0.0639. The van der Waals surface area contributed by atoms with Gasteiger partial charge in [0.2, 0.25) is 0 Å². The first-order valence-corrected chi connectivity index (χ1v) is 10.9. The average Bonchev–Trinajstić information content (AvgIpc) is 3.27. The van der Waals surface area contributed by atoms with Crippen molar-refractivity contribution in [3.63, 3.8) is 0 Å². The van der Waals surface area contributed by atoms with Crippen LogP contribution in [0.5, 0.6) is 0 Å². The van der Waals surface area contributed by atoms with Crippen molar-refractivity contribution in [1.29, 1.82) is 5.41 Å². The standard InChI is InChI=1S/C18H24N4O3S2/c1-9-14-12(10(2)23)6-22(14)15(17(24)25)16(9)27-18-20-13(7-26-18)11-3-4-21(5-11)8-19/h7-12,14,19,23H,3-6H2,1-2H3,(H,24,25)/t9-,10-,11+,12-,14?/m1/s1. The van der Waals surface area contributed by atoms with Gasteiger partial charge in [0, 0.05) is 53.7 Å². The molecule has 3 aliphatic heterocycles. The van der Waals surface area contributed by atoms with Crippen LogP contribution in [0.2, 0.25) is 0 Å². The van der Waals surface area contributed by atoms with Gasteiger partial charge in [-0.05, 0) is 13.3 Å². The summed E-state index contributed by atoms with van der Waals surface area (Å²) in [6.45, 7) is 6.15. The maximum absolute atomic E-state index is 11.9. The Morgan fingerprint density at radius 1 is 1.52 bits per heavy atom. The molecule has 1 unspecified atom stereocenters. The van der Waals surface area contributed by atoms with Crippen LogP contribution in [0.25, 0.3) is 0 Å². The van der Waals surface area contributed by atoms with Gasteiger partial charge in [-0.25, -0.2) is 9.78 Å². The third-order valence-corrected chi connectivity index (χ3v) is 8.24. The monoisotopic (exact) mass is 408 g/mol. The zero-order chi connectivity index (χ0) is 19.3. The molecule has 0 spiro atoms. The van der Waals surface area contributed by atoms with E-state index in [1.165, 1.54) is 18.1 Å². The van der Waals surface area contributed by atoms with E-state index in [-0.39, 0.29) is 17.9 Å². The Hall–Kier alpha value is -1.58. The second-order valence-electron chi connectivity index (χ2n) is 7.60. The molecule has 0 radical (unpaired) electrons. The maximum Gasteiger partial charge on any atom is 0.353 e. The lowest BCUT2D eigenvalue weighted by Gasteiger charge is -2.49. The second kappa shape index (κ2) is 7.10. The third-order valence-electron chi connectivity index (χ3n) is 5.99. The van der Waals surface area contributed by atoms with Crippen molar-refractivity contribution < 1.29 is 15.0 Å². The van der Waals surface area contributed by atoms with Crippen molar-refractivity contribution in [2.75, 3.05) is 19.6 Å². The van der Waals surface area contributed by atoms with Crippen LogP contribution in [0, 0.1) is 17.2 Å². The van der Waals surface area contributed by atoms with Gasteiger partial charge >= 0.3 is 5.97 Å². The number of nitrogens with one attached hydrogen (secondary N) is 1. The highest BCUT2D eigenvalue weighted by atomic mass is 32.2. The van der Waals surface area contributed by atoms with E-state index in [2.05, 4.69) is 12.3 Å². The van der Waals surface area contributed by atoms with Crippen molar-refractivity contribution in [1.82, 2.24) is 14.8 Å². The Labute approximate surface area is 166 Å². The molecule has 2 fully saturated rings. The van der Waals surface area contributed by atoms with Crippen LogP contribution < -0.4 is 0 Å². The number of thioether (sulfide) groups is 1. The number of carboxylic acid groups (broad SMARTS) is 1. The van der Waals surface area contributed by atoms with Gasteiger partial charge in [-0.3, -0.25) is 5.41 Å². The first kappa shape index (κ1) is 18.8. The molecule has 4 heterocycles. The summed E-state index contributed by atoms with van der Waals surface area (Å²) in [5.41, 5.74) is 1.42. The molecule has 27 heavy (non-hydrogen) atoms. The van der Waals surface area contributed by atoms with Gasteiger partial charge in [0.25, 0.3) is 0 Å². The summed E-state index contributed by atoms with van der Waals surface area (Å²) >= 11 is 3.03. The summed E-state index contributed by atoms with van der Waals surface area (Å²) in [5.74, 6) is -0.373. The van der Waals surface area contributed by atoms with Crippen molar-refractivity contribution >= 4 is 35.4 Å². The first-order chi connectivity index (χ1) is 12.9. The summed E-state index contributed by atoms with van der Waals surface area (Å²) in [4.78, 5) is 21.4. The highest BCUT2D eigenvalue weighted by Crippen LogP contribution is 2.51. The van der Waals surface area contributed by atoms with Crippen molar-refractivity contribution in [3.8, 4) is 0 Å². The van der Waals surface area contributed by atoms with Gasteiger partial charge < -0.3 is 20.0 Å². The fourth-order valence-electron chi connectivity index (χ4n) is 4.49. The number of hydrogen-bond donors (Lipinski definition) is 3. The minimum Gasteiger partial charge on any atom is -0.477 e. The lowest BCUT2D eigenvalue weighted by atomic mass is 9.80. The fraction of sp³-hybridized carbons (Fsp3) is 0.611. The van der Waals surface area contributed by atoms with Gasteiger partial charge in [0.05, 0.1) is 18.1 Å². The summed E-state index contributed by atoms with van der Waals surface area (Å²) in [6, 6.07) is 0.0639. The van der Waals surface area contributed by atoms with E-state index in [0.29, 0.717) is 18.2 Å². The third kappa shape index (κ3) is 3.15. The van der Waals surface area contributed by atoms with Crippen LogP contribution in [0.3, 0.4) is 0 Å². The molecule has 2 saturated heterocycles. The molecule has 0 amide bonds. The van der Waals surface area contributed by atoms with E-state index in [9.17, 15) is 15.0 Å². The molecule has 0 aromatic carbocycles. The number of aliphatic carboxylic acids is 1. The quantitative estimate of drug-likeness (QED) is 0.490. The Morgan fingerprint density at radius 2 is 2.30 bits per heavy atom. The lowest BCUT2D eigenvalue weighted by Crippen LogP contribution is -2.59. The number of aromatic nitrogens is 1. The van der Waals surface area contributed by atoms with Crippen LogP contribution in [-0.2, 0) is 4.79 Å². The number of aliphatic hydroxyl groups excluding tert-OH is 1. The Balaban J connectivity index is 1.53. The summed E-state index contributed by atoms with van der Waals surface area (Å²) in [7, 11) is 0. The van der Waals surface area contributed by atoms with Gasteiger partial charge in [-0.2, -0.15) is 0 Å². The molecule has 3 N–H and O–H groups in total. The molecule has 0 saturated carbocycles. The van der Waals surface area contributed by atoms with Gasteiger partial charge in [-0.15, -0.1) is 11.3 Å². The first-order valence-electron chi connectivity index (χ1n) is 9.20. The Morgan fingerprint density at radius 3 is 2.93 bits per heavy atom. The molecule has 0 aliphatic carbocycles. The van der Waals surface area contributed by atoms with E-state index in [1.54, 1.807) is 18.3 Å². The highest BCUT2D eigenvalue weighted by molar-refractivity contribution is 8.04. The number of thiazole rings is 1. The highest BCUT2D eigenvalue weighted by Gasteiger charge is 2.53. The van der Waals surface area contributed by atoms with E-state index >= 15 is 0 Å². The van der Waals surface area contributed by atoms with E-state index in [1.807, 2.05) is 9.80 Å². The second-order valence-corrected chi connectivity index (χ2v) is 9.75. The minimum atomic E-state index is -0.898. The van der Waals surface area contributed by atoms with Crippen molar-refractivity contribution in [3.05, 3.63) is 21.7 Å². The SMILES string of the molecule is C[C@H]1C(Sc2nc([C@H]3CCN(C=N)C3)cs2)=C(C(=O)O)N2C[C@H]([C@@H](C)O)C12. The number of likely N-dealkylation sites (tertiary alicyclic amines) is 1. The van der Waals surface area contributed by atoms with Crippen LogP contribution in [-0.4, -0.2) is 69.1 Å². The van der Waals surface area contributed by atoms with E-state index < -0.39 is 12.1 Å². The number of carboxylic acids is 1. The summed E-state index contributed by atoms with van der Waals surface area (Å²) in [6.07, 6.45) is 1.95. The Bertz CT molecular complexity index is 793. The molecule has 1 aromatic rings. The number of aliphatic hydroxyl groups is 1. The molecule has 7 nitrogen and oxygen atoms in total. The molecule has 4 rings (SSSR count). The molecular formula is C18H24N4O3S2. The van der Waals surface area contributed by atoms with Crippen molar-refractivity contribution in [2.45, 2.75) is 42.7 Å². The molecular weight excluding hydrogens is 384 g/mol. The largest absolute Gasteiger partial charge is 0.477 e. The zero-order valence-electron chi connectivity index (χ0n) is 15.3. The zero-order valence-corrected chi connectivity index (χ0v) is 17.0. The van der Waals surface area contributed by atoms with E-state index in [4.69, 9.17) is 10.4 Å². The fourth-order valence-corrected chi connectivity index (χ4v) is 6.69. The molecule has 0 bridgehead atoms. The predicted molar refractivity (Wildman–Crippen MR) is 105 cm³/mol. The topological polar surface area (TPSA) is 101 Å². The number of fused-ring (bicyclic) bond motifs is 1. The molecule has 146 valence electrons. The predicted octanol–water partition coefficient (Wildman–Crippen LogP) is 2.26. The van der Waals surface area contributed by atoms with Crippen LogP contribution in [0.15, 0.2) is 20.3 Å². The molecule has 5 atom stereocenters. The van der Waals surface area contributed by atoms with Crippen LogP contribution >= 0.6 is 23.1 Å². The number of hydrogen-bond acceptors (Lipinski definition) is 7. The Kier molecular flexibility index (Phi) is 4.94. The van der Waals surface area contributed by atoms with Gasteiger partial charge in [0.15, 0.2) is 4.34 Å².